The van der Waals surface area contributed by atoms with Crippen LogP contribution in [0.3, 0.4) is 0 Å². The van der Waals surface area contributed by atoms with Gasteiger partial charge in [-0.05, 0) is 79.1 Å². The Morgan fingerprint density at radius 1 is 0.643 bits per heavy atom. The normalized spacial score (nSPS) is 10.9. The Bertz CT molecular complexity index is 3000. The van der Waals surface area contributed by atoms with Crippen LogP contribution in [0.2, 0.25) is 20.1 Å². The topological polar surface area (TPSA) is 177 Å². The number of aromatic nitrogens is 6. The van der Waals surface area contributed by atoms with Crippen molar-refractivity contribution in [2.75, 3.05) is 10.6 Å². The van der Waals surface area contributed by atoms with Gasteiger partial charge in [0.2, 0.25) is 11.9 Å². The Labute approximate surface area is 343 Å². The van der Waals surface area contributed by atoms with Gasteiger partial charge in [-0.3, -0.25) is 14.4 Å². The minimum atomic E-state index is -1.62. The molecule has 0 radical (unpaired) electrons. The Kier molecular flexibility index (Phi) is 11.9. The number of benzene rings is 4. The fourth-order valence-corrected chi connectivity index (χ4v) is 7.43. The number of nitrogens with zero attached hydrogens (tertiary/aromatic N) is 4. The first-order valence-electron chi connectivity index (χ1n) is 16.5. The third-order valence-corrected chi connectivity index (χ3v) is 10.6. The Balaban J connectivity index is 0.000000178. The van der Waals surface area contributed by atoms with Crippen LogP contribution in [0.1, 0.15) is 27.3 Å². The Hall–Kier alpha value is -5.21. The summed E-state index contributed by atoms with van der Waals surface area (Å²) in [5, 5.41) is 11.0. The van der Waals surface area contributed by atoms with Gasteiger partial charge in [-0.15, -0.1) is 0 Å². The molecule has 0 saturated heterocycles. The van der Waals surface area contributed by atoms with Crippen LogP contribution in [0, 0.1) is 20.8 Å². The molecule has 0 aliphatic rings. The number of carbonyl (C=O) groups is 1. The van der Waals surface area contributed by atoms with Crippen LogP contribution in [0.15, 0.2) is 70.3 Å². The van der Waals surface area contributed by atoms with Crippen LogP contribution in [0.25, 0.3) is 43.6 Å². The zero-order valence-electron chi connectivity index (χ0n) is 30.1. The van der Waals surface area contributed by atoms with E-state index in [1.54, 1.807) is 61.0 Å². The molecule has 4 heterocycles. The molecule has 0 fully saturated rings. The first kappa shape index (κ1) is 40.5. The molecule has 4 aromatic heterocycles. The number of pyridine rings is 2. The third kappa shape index (κ3) is 7.39. The number of aryl methyl sites for hydroxylation is 5. The van der Waals surface area contributed by atoms with Crippen LogP contribution < -0.4 is 21.8 Å². The van der Waals surface area contributed by atoms with E-state index in [-0.39, 0.29) is 16.8 Å². The Morgan fingerprint density at radius 3 is 1.45 bits per heavy atom. The summed E-state index contributed by atoms with van der Waals surface area (Å²) in [4.78, 5) is 51.2. The van der Waals surface area contributed by atoms with E-state index in [2.05, 4.69) is 30.6 Å². The van der Waals surface area contributed by atoms with Crippen LogP contribution in [-0.2, 0) is 21.8 Å². The summed E-state index contributed by atoms with van der Waals surface area (Å²) in [7, 11) is 3.65. The summed E-state index contributed by atoms with van der Waals surface area (Å²) < 4.78 is 20.5. The molecule has 0 amide bonds. The standard InChI is InChI=1S/C19H14Cl2N4O2.C19H16Cl2N4O.O2Se/c1-9-10-6-7-13-17(15(10)18(27)22-14(9)8-26)25(2)19(23-13)24-16-11(20)4-3-5-12(16)21;1-9-10(2)22-18(26)15-11(9)7-8-14-17(15)25(3)19(23-14)24-16-12(20)5-4-6-13(16)21;1-3-2/h3-8H,1-2H3,(H,22,27)(H,23,24);4-8H,1-3H3,(H,22,26)(H,23,24);. The molecule has 0 spiro atoms. The van der Waals surface area contributed by atoms with Crippen molar-refractivity contribution >= 4 is 134 Å². The molecule has 0 aliphatic heterocycles. The van der Waals surface area contributed by atoms with Gasteiger partial charge >= 0.3 is 22.5 Å². The van der Waals surface area contributed by atoms with Gasteiger partial charge in [0.25, 0.3) is 11.1 Å². The van der Waals surface area contributed by atoms with Crippen molar-refractivity contribution in [1.82, 2.24) is 29.1 Å². The van der Waals surface area contributed by atoms with Gasteiger partial charge in [0, 0.05) is 19.8 Å². The first-order valence-corrected chi connectivity index (χ1v) is 19.4. The average Bonchev–Trinajstić information content (AvgIpc) is 3.66. The second kappa shape index (κ2) is 16.5. The molecule has 4 N–H and O–H groups in total. The molecule has 0 unspecified atom stereocenters. The van der Waals surface area contributed by atoms with Crippen molar-refractivity contribution in [2.24, 2.45) is 14.1 Å². The average molecular weight is 899 g/mol. The zero-order valence-corrected chi connectivity index (χ0v) is 34.8. The zero-order chi connectivity index (χ0) is 40.6. The third-order valence-electron chi connectivity index (χ3n) is 9.37. The Morgan fingerprint density at radius 2 is 1.04 bits per heavy atom. The fourth-order valence-electron chi connectivity index (χ4n) is 6.45. The van der Waals surface area contributed by atoms with Crippen LogP contribution >= 0.6 is 46.4 Å². The van der Waals surface area contributed by atoms with E-state index < -0.39 is 14.8 Å². The van der Waals surface area contributed by atoms with Gasteiger partial charge in [-0.2, -0.15) is 0 Å². The van der Waals surface area contributed by atoms with Crippen LogP contribution in [0.5, 0.6) is 0 Å². The quantitative estimate of drug-likeness (QED) is 0.0970. The number of nitrogens with one attached hydrogen (secondary N) is 4. The molecule has 18 heteroatoms. The molecule has 286 valence electrons. The maximum atomic E-state index is 12.6. The van der Waals surface area contributed by atoms with Crippen molar-refractivity contribution in [1.29, 1.82) is 0 Å². The van der Waals surface area contributed by atoms with Gasteiger partial charge in [0.1, 0.15) is 0 Å². The van der Waals surface area contributed by atoms with E-state index >= 15 is 0 Å². The number of halogens is 4. The van der Waals surface area contributed by atoms with Gasteiger partial charge < -0.3 is 29.7 Å². The second-order valence-corrected chi connectivity index (χ2v) is 14.4. The minimum absolute atomic E-state index is 0.126. The summed E-state index contributed by atoms with van der Waals surface area (Å²) in [6, 6.07) is 18.0. The van der Waals surface area contributed by atoms with Gasteiger partial charge in [-0.1, -0.05) is 70.7 Å². The molecule has 13 nitrogen and oxygen atoms in total. The number of para-hydroxylation sites is 2. The molecule has 8 aromatic rings. The molecule has 0 atom stereocenters. The van der Waals surface area contributed by atoms with E-state index in [0.29, 0.717) is 82.4 Å². The van der Waals surface area contributed by atoms with Crippen LogP contribution in [-0.4, -0.2) is 50.2 Å². The van der Waals surface area contributed by atoms with Crippen molar-refractivity contribution in [3.63, 3.8) is 0 Å². The van der Waals surface area contributed by atoms with Crippen LogP contribution in [0.4, 0.5) is 23.3 Å². The molecule has 56 heavy (non-hydrogen) atoms. The molecule has 0 aliphatic carbocycles. The number of rotatable bonds is 5. The number of aromatic amines is 2. The molecule has 0 bridgehead atoms. The first-order chi connectivity index (χ1) is 26.7. The van der Waals surface area contributed by atoms with E-state index in [0.717, 1.165) is 27.7 Å². The van der Waals surface area contributed by atoms with E-state index in [1.165, 1.54) is 0 Å². The van der Waals surface area contributed by atoms with Crippen molar-refractivity contribution in [3.8, 4) is 0 Å². The van der Waals surface area contributed by atoms with Crippen molar-refractivity contribution in [2.45, 2.75) is 20.8 Å². The predicted octanol–water partition coefficient (Wildman–Crippen LogP) is 9.05. The molecule has 8 rings (SSSR count). The summed E-state index contributed by atoms with van der Waals surface area (Å²) in [6.07, 6.45) is 0.649. The summed E-state index contributed by atoms with van der Waals surface area (Å²) >= 11 is 23.3. The molecule has 4 aromatic carbocycles. The van der Waals surface area contributed by atoms with Gasteiger partial charge in [0.05, 0.1) is 70.0 Å². The SMILES string of the molecule is Cc1[nH]c(=O)c2c(ccc3nc(Nc4c(Cl)cccc4Cl)n(C)c32)c1C.Cc1c(C=O)[nH]c(=O)c2c1ccc1nc(Nc3c(Cl)cccc3Cl)n(C)c12.O=[Se]=O. The second-order valence-electron chi connectivity index (χ2n) is 12.5. The summed E-state index contributed by atoms with van der Waals surface area (Å²) in [5.74, 6) is 1.05. The van der Waals surface area contributed by atoms with Gasteiger partial charge in [0.15, 0.2) is 6.29 Å². The number of hydrogen-bond donors (Lipinski definition) is 4. The number of hydrogen-bond acceptors (Lipinski definition) is 9. The number of aldehydes is 1. The molecular formula is C38H30Cl4N8O5Se. The monoisotopic (exact) mass is 898 g/mol. The number of imidazole rings is 2. The predicted molar refractivity (Wildman–Crippen MR) is 224 cm³/mol. The molecule has 0 saturated carbocycles. The number of carbonyl (C=O) groups excluding carboxylic acids is 1. The van der Waals surface area contributed by atoms with Crippen molar-refractivity contribution < 1.29 is 12.5 Å². The fraction of sp³-hybridized carbons (Fsp3) is 0.132. The molecular weight excluding hydrogens is 869 g/mol. The van der Waals surface area contributed by atoms with Gasteiger partial charge in [-0.25, -0.2) is 9.97 Å². The number of H-pyrrole nitrogens is 2. The number of anilines is 4. The number of fused-ring (bicyclic) bond motifs is 6. The van der Waals surface area contributed by atoms with E-state index in [1.807, 2.05) is 43.7 Å². The maximum absolute atomic E-state index is 12.6. The van der Waals surface area contributed by atoms with E-state index in [4.69, 9.17) is 54.1 Å². The van der Waals surface area contributed by atoms with Crippen molar-refractivity contribution in [3.05, 3.63) is 124 Å². The van der Waals surface area contributed by atoms with E-state index in [9.17, 15) is 14.4 Å². The summed E-state index contributed by atoms with van der Waals surface area (Å²) in [6.45, 7) is 5.70. The summed E-state index contributed by atoms with van der Waals surface area (Å²) in [5.41, 5.74) is 6.33.